The molecule has 19 heavy (non-hydrogen) atoms. The predicted molar refractivity (Wildman–Crippen MR) is 76.4 cm³/mol. The van der Waals surface area contributed by atoms with Crippen LogP contribution < -0.4 is 5.32 Å². The first-order valence-electron chi connectivity index (χ1n) is 6.67. The topological polar surface area (TPSA) is 29.1 Å². The van der Waals surface area contributed by atoms with E-state index >= 15 is 0 Å². The van der Waals surface area contributed by atoms with Crippen molar-refractivity contribution in [3.05, 3.63) is 70.8 Å². The summed E-state index contributed by atoms with van der Waals surface area (Å²) in [6.45, 7) is 2.73. The maximum Gasteiger partial charge on any atom is 0.251 e. The molecular formula is C17H17NO. The van der Waals surface area contributed by atoms with Gasteiger partial charge in [-0.1, -0.05) is 48.5 Å². The van der Waals surface area contributed by atoms with Crippen molar-refractivity contribution in [3.63, 3.8) is 0 Å². The van der Waals surface area contributed by atoms with Crippen molar-refractivity contribution in [1.82, 2.24) is 5.32 Å². The van der Waals surface area contributed by atoms with Gasteiger partial charge in [-0.25, -0.2) is 0 Å². The third-order valence-corrected chi connectivity index (χ3v) is 3.81. The summed E-state index contributed by atoms with van der Waals surface area (Å²) in [6.07, 6.45) is 0.970. The van der Waals surface area contributed by atoms with Crippen LogP contribution in [0.15, 0.2) is 48.5 Å². The van der Waals surface area contributed by atoms with Crippen LogP contribution in [0.5, 0.6) is 0 Å². The first-order valence-corrected chi connectivity index (χ1v) is 6.67. The summed E-state index contributed by atoms with van der Waals surface area (Å²) < 4.78 is 0. The maximum atomic E-state index is 12.0. The first kappa shape index (κ1) is 12.0. The number of aryl methyl sites for hydroxylation is 1. The fourth-order valence-electron chi connectivity index (χ4n) is 2.84. The Morgan fingerprint density at radius 2 is 1.89 bits per heavy atom. The standard InChI is InChI=1S/C17H17NO/c1-12-6-5-9-15-14(11-18-17(19)16(12)15)10-13-7-3-2-4-8-13/h2-9,14H,10-11H2,1H3,(H,18,19). The summed E-state index contributed by atoms with van der Waals surface area (Å²) in [4.78, 5) is 12.0. The minimum atomic E-state index is 0.0670. The molecule has 1 N–H and O–H groups in total. The highest BCUT2D eigenvalue weighted by Crippen LogP contribution is 2.29. The van der Waals surface area contributed by atoms with E-state index in [4.69, 9.17) is 0 Å². The van der Waals surface area contributed by atoms with Gasteiger partial charge in [-0.2, -0.15) is 0 Å². The van der Waals surface area contributed by atoms with Crippen LogP contribution in [0.1, 0.15) is 33.0 Å². The molecule has 0 radical (unpaired) electrons. The van der Waals surface area contributed by atoms with Crippen molar-refractivity contribution in [2.24, 2.45) is 0 Å². The Morgan fingerprint density at radius 1 is 1.11 bits per heavy atom. The van der Waals surface area contributed by atoms with Crippen LogP contribution in [0.2, 0.25) is 0 Å². The van der Waals surface area contributed by atoms with Gasteiger partial charge in [0.1, 0.15) is 0 Å². The lowest BCUT2D eigenvalue weighted by Gasteiger charge is -2.27. The number of nitrogens with one attached hydrogen (secondary N) is 1. The highest BCUT2D eigenvalue weighted by molar-refractivity contribution is 5.98. The average Bonchev–Trinajstić information content (AvgIpc) is 2.43. The molecule has 2 aromatic rings. The third kappa shape index (κ3) is 2.26. The number of benzene rings is 2. The second kappa shape index (κ2) is 4.88. The smallest absolute Gasteiger partial charge is 0.251 e. The molecule has 1 aliphatic rings. The number of hydrogen-bond donors (Lipinski definition) is 1. The zero-order valence-electron chi connectivity index (χ0n) is 11.0. The predicted octanol–water partition coefficient (Wildman–Crippen LogP) is 3.06. The Kier molecular flexibility index (Phi) is 3.08. The molecule has 1 heterocycles. The van der Waals surface area contributed by atoms with Crippen molar-refractivity contribution < 1.29 is 4.79 Å². The maximum absolute atomic E-state index is 12.0. The average molecular weight is 251 g/mol. The molecule has 0 fully saturated rings. The van der Waals surface area contributed by atoms with E-state index in [2.05, 4.69) is 35.6 Å². The van der Waals surface area contributed by atoms with E-state index in [1.807, 2.05) is 25.1 Å². The molecule has 0 spiro atoms. The summed E-state index contributed by atoms with van der Waals surface area (Å²) in [7, 11) is 0. The van der Waals surface area contributed by atoms with Crippen molar-refractivity contribution in [1.29, 1.82) is 0 Å². The van der Waals surface area contributed by atoms with Gasteiger partial charge in [-0.3, -0.25) is 4.79 Å². The monoisotopic (exact) mass is 251 g/mol. The normalized spacial score (nSPS) is 17.7. The Balaban J connectivity index is 1.96. The summed E-state index contributed by atoms with van der Waals surface area (Å²) in [5, 5.41) is 3.01. The second-order valence-electron chi connectivity index (χ2n) is 5.14. The van der Waals surface area contributed by atoms with Crippen LogP contribution in [-0.2, 0) is 6.42 Å². The van der Waals surface area contributed by atoms with E-state index in [-0.39, 0.29) is 5.91 Å². The van der Waals surface area contributed by atoms with Gasteiger partial charge < -0.3 is 5.32 Å². The molecule has 3 rings (SSSR count). The van der Waals surface area contributed by atoms with Crippen LogP contribution in [-0.4, -0.2) is 12.5 Å². The second-order valence-corrected chi connectivity index (χ2v) is 5.14. The lowest BCUT2D eigenvalue weighted by Crippen LogP contribution is -2.36. The summed E-state index contributed by atoms with van der Waals surface area (Å²) in [5.74, 6) is 0.437. The van der Waals surface area contributed by atoms with E-state index < -0.39 is 0 Å². The number of rotatable bonds is 2. The van der Waals surface area contributed by atoms with E-state index in [1.54, 1.807) is 0 Å². The first-order chi connectivity index (χ1) is 9.25. The van der Waals surface area contributed by atoms with Crippen LogP contribution in [0.4, 0.5) is 0 Å². The Hall–Kier alpha value is -2.09. The van der Waals surface area contributed by atoms with E-state index in [1.165, 1.54) is 11.1 Å². The number of hydrogen-bond acceptors (Lipinski definition) is 1. The lowest BCUT2D eigenvalue weighted by molar-refractivity contribution is 0.0939. The van der Waals surface area contributed by atoms with Gasteiger partial charge in [0.15, 0.2) is 0 Å². The molecule has 2 aromatic carbocycles. The molecule has 0 saturated carbocycles. The molecule has 1 aliphatic heterocycles. The van der Waals surface area contributed by atoms with Crippen molar-refractivity contribution in [3.8, 4) is 0 Å². The summed E-state index contributed by atoms with van der Waals surface area (Å²) >= 11 is 0. The van der Waals surface area contributed by atoms with Crippen LogP contribution >= 0.6 is 0 Å². The van der Waals surface area contributed by atoms with Gasteiger partial charge in [0.25, 0.3) is 5.91 Å². The Morgan fingerprint density at radius 3 is 2.68 bits per heavy atom. The van der Waals surface area contributed by atoms with Gasteiger partial charge in [0.05, 0.1) is 0 Å². The van der Waals surface area contributed by atoms with Crippen LogP contribution in [0, 0.1) is 6.92 Å². The highest BCUT2D eigenvalue weighted by atomic mass is 16.1. The molecule has 96 valence electrons. The minimum Gasteiger partial charge on any atom is -0.351 e. The van der Waals surface area contributed by atoms with Gasteiger partial charge in [0.2, 0.25) is 0 Å². The molecule has 2 nitrogen and oxygen atoms in total. The minimum absolute atomic E-state index is 0.0670. The number of carbonyl (C=O) groups is 1. The molecule has 0 aromatic heterocycles. The number of amides is 1. The third-order valence-electron chi connectivity index (χ3n) is 3.81. The van der Waals surface area contributed by atoms with Crippen LogP contribution in [0.25, 0.3) is 0 Å². The quantitative estimate of drug-likeness (QED) is 0.873. The molecule has 1 amide bonds. The molecule has 0 bridgehead atoms. The van der Waals surface area contributed by atoms with Gasteiger partial charge in [0, 0.05) is 18.0 Å². The summed E-state index contributed by atoms with van der Waals surface area (Å²) in [5.41, 5.74) is 4.44. The van der Waals surface area contributed by atoms with Gasteiger partial charge in [-0.05, 0) is 30.0 Å². The fourth-order valence-corrected chi connectivity index (χ4v) is 2.84. The van der Waals surface area contributed by atoms with Gasteiger partial charge >= 0.3 is 0 Å². The lowest BCUT2D eigenvalue weighted by atomic mass is 9.84. The Bertz CT molecular complexity index is 604. The number of carbonyl (C=O) groups excluding carboxylic acids is 1. The zero-order chi connectivity index (χ0) is 13.2. The fraction of sp³-hybridized carbons (Fsp3) is 0.235. The van der Waals surface area contributed by atoms with E-state index in [0.717, 1.165) is 24.1 Å². The number of fused-ring (bicyclic) bond motifs is 1. The largest absolute Gasteiger partial charge is 0.351 e. The summed E-state index contributed by atoms with van der Waals surface area (Å²) in [6, 6.07) is 16.6. The van der Waals surface area contributed by atoms with E-state index in [0.29, 0.717) is 5.92 Å². The van der Waals surface area contributed by atoms with Crippen molar-refractivity contribution >= 4 is 5.91 Å². The van der Waals surface area contributed by atoms with Crippen molar-refractivity contribution in [2.75, 3.05) is 6.54 Å². The molecule has 2 heteroatoms. The van der Waals surface area contributed by atoms with Gasteiger partial charge in [-0.15, -0.1) is 0 Å². The molecular weight excluding hydrogens is 234 g/mol. The molecule has 1 unspecified atom stereocenters. The molecule has 1 atom stereocenters. The molecule has 0 aliphatic carbocycles. The van der Waals surface area contributed by atoms with Crippen LogP contribution in [0.3, 0.4) is 0 Å². The highest BCUT2D eigenvalue weighted by Gasteiger charge is 2.26. The van der Waals surface area contributed by atoms with Crippen molar-refractivity contribution in [2.45, 2.75) is 19.3 Å². The zero-order valence-corrected chi connectivity index (χ0v) is 11.0. The van der Waals surface area contributed by atoms with E-state index in [9.17, 15) is 4.79 Å². The molecule has 0 saturated heterocycles. The Labute approximate surface area is 113 Å². The SMILES string of the molecule is Cc1cccc2c1C(=O)NCC2Cc1ccccc1.